The van der Waals surface area contributed by atoms with Gasteiger partial charge in [0.05, 0.1) is 5.71 Å². The second-order valence-corrected chi connectivity index (χ2v) is 3.27. The normalized spacial score (nSPS) is 11.2. The Balaban J connectivity index is 2.99. The third kappa shape index (κ3) is 3.14. The molecule has 0 spiro atoms. The van der Waals surface area contributed by atoms with Crippen molar-refractivity contribution in [1.29, 1.82) is 0 Å². The molecule has 1 rings (SSSR count). The molecule has 0 bridgehead atoms. The predicted molar refractivity (Wildman–Crippen MR) is 58.0 cm³/mol. The number of amides is 2. The van der Waals surface area contributed by atoms with Crippen molar-refractivity contribution in [3.05, 3.63) is 28.8 Å². The summed E-state index contributed by atoms with van der Waals surface area (Å²) in [5, 5.41) is 13.6. The minimum absolute atomic E-state index is 0.0342. The van der Waals surface area contributed by atoms with Crippen LogP contribution in [0.5, 0.6) is 5.75 Å². The average molecular weight is 228 g/mol. The molecule has 0 aliphatic rings. The van der Waals surface area contributed by atoms with Gasteiger partial charge in [0.25, 0.3) is 0 Å². The van der Waals surface area contributed by atoms with Gasteiger partial charge < -0.3 is 10.8 Å². The zero-order valence-corrected chi connectivity index (χ0v) is 8.75. The standard InChI is InChI=1S/C9H10ClN3O2/c1-5(12-13-9(11)15)7-4-6(10)2-3-8(7)14/h2-4,14H,1H3,(H3,11,13,15)/b12-5+. The largest absolute Gasteiger partial charge is 0.507 e. The molecule has 0 saturated carbocycles. The smallest absolute Gasteiger partial charge is 0.332 e. The van der Waals surface area contributed by atoms with Gasteiger partial charge in [-0.15, -0.1) is 0 Å². The van der Waals surface area contributed by atoms with Crippen molar-refractivity contribution in [2.75, 3.05) is 0 Å². The van der Waals surface area contributed by atoms with Gasteiger partial charge in [-0.1, -0.05) is 11.6 Å². The highest BCUT2D eigenvalue weighted by Crippen LogP contribution is 2.21. The Morgan fingerprint density at radius 1 is 1.60 bits per heavy atom. The molecule has 0 radical (unpaired) electrons. The Bertz CT molecular complexity index is 418. The maximum atomic E-state index is 10.4. The second-order valence-electron chi connectivity index (χ2n) is 2.83. The number of nitrogens with two attached hydrogens (primary N) is 1. The summed E-state index contributed by atoms with van der Waals surface area (Å²) >= 11 is 5.75. The summed E-state index contributed by atoms with van der Waals surface area (Å²) in [6.45, 7) is 1.61. The Morgan fingerprint density at radius 2 is 2.27 bits per heavy atom. The zero-order chi connectivity index (χ0) is 11.4. The summed E-state index contributed by atoms with van der Waals surface area (Å²) in [4.78, 5) is 10.4. The van der Waals surface area contributed by atoms with E-state index >= 15 is 0 Å². The lowest BCUT2D eigenvalue weighted by atomic mass is 10.1. The molecule has 6 heteroatoms. The molecule has 15 heavy (non-hydrogen) atoms. The molecule has 2 amide bonds. The van der Waals surface area contributed by atoms with Crippen LogP contribution in [0, 0.1) is 0 Å². The van der Waals surface area contributed by atoms with Gasteiger partial charge >= 0.3 is 6.03 Å². The molecule has 1 aromatic rings. The number of phenolic OH excluding ortho intramolecular Hbond substituents is 1. The molecule has 5 nitrogen and oxygen atoms in total. The number of halogens is 1. The molecule has 4 N–H and O–H groups in total. The van der Waals surface area contributed by atoms with Crippen molar-refractivity contribution in [2.24, 2.45) is 10.8 Å². The van der Waals surface area contributed by atoms with Gasteiger partial charge in [-0.05, 0) is 25.1 Å². The van der Waals surface area contributed by atoms with Crippen LogP contribution in [0.1, 0.15) is 12.5 Å². The molecule has 0 saturated heterocycles. The fourth-order valence-electron chi connectivity index (χ4n) is 0.997. The van der Waals surface area contributed by atoms with Gasteiger partial charge in [-0.25, -0.2) is 10.2 Å². The van der Waals surface area contributed by atoms with E-state index in [4.69, 9.17) is 17.3 Å². The topological polar surface area (TPSA) is 87.7 Å². The molecule has 0 fully saturated rings. The highest BCUT2D eigenvalue weighted by Gasteiger charge is 2.05. The lowest BCUT2D eigenvalue weighted by Crippen LogP contribution is -2.25. The number of carbonyl (C=O) groups is 1. The number of hydrogen-bond donors (Lipinski definition) is 3. The van der Waals surface area contributed by atoms with Crippen LogP contribution < -0.4 is 11.2 Å². The van der Waals surface area contributed by atoms with E-state index < -0.39 is 6.03 Å². The van der Waals surface area contributed by atoms with E-state index in [9.17, 15) is 9.90 Å². The van der Waals surface area contributed by atoms with E-state index in [0.29, 0.717) is 16.3 Å². The molecular weight excluding hydrogens is 218 g/mol. The van der Waals surface area contributed by atoms with Crippen molar-refractivity contribution in [3.8, 4) is 5.75 Å². The lowest BCUT2D eigenvalue weighted by Gasteiger charge is -2.04. The number of urea groups is 1. The number of carbonyl (C=O) groups excluding carboxylic acids is 1. The average Bonchev–Trinajstić information content (AvgIpc) is 2.18. The monoisotopic (exact) mass is 227 g/mol. The van der Waals surface area contributed by atoms with Gasteiger partial charge in [-0.2, -0.15) is 5.10 Å². The number of nitrogens with one attached hydrogen (secondary N) is 1. The predicted octanol–water partition coefficient (Wildman–Crippen LogP) is 1.44. The fraction of sp³-hybridized carbons (Fsp3) is 0.111. The zero-order valence-electron chi connectivity index (χ0n) is 7.99. The second kappa shape index (κ2) is 4.65. The quantitative estimate of drug-likeness (QED) is 0.527. The number of primary amides is 1. The van der Waals surface area contributed by atoms with E-state index in [1.54, 1.807) is 19.1 Å². The number of hydrazone groups is 1. The first-order chi connectivity index (χ1) is 7.00. The van der Waals surface area contributed by atoms with Crippen molar-refractivity contribution in [2.45, 2.75) is 6.92 Å². The molecular formula is C9H10ClN3O2. The van der Waals surface area contributed by atoms with Gasteiger partial charge in [0.15, 0.2) is 0 Å². The Morgan fingerprint density at radius 3 is 2.87 bits per heavy atom. The van der Waals surface area contributed by atoms with E-state index in [2.05, 4.69) is 10.5 Å². The first-order valence-corrected chi connectivity index (χ1v) is 4.47. The van der Waals surface area contributed by atoms with Crippen LogP contribution in [0.3, 0.4) is 0 Å². The van der Waals surface area contributed by atoms with E-state index in [1.807, 2.05) is 0 Å². The third-order valence-electron chi connectivity index (χ3n) is 1.68. The molecule has 80 valence electrons. The van der Waals surface area contributed by atoms with Crippen LogP contribution in [-0.2, 0) is 0 Å². The van der Waals surface area contributed by atoms with Crippen molar-refractivity contribution in [3.63, 3.8) is 0 Å². The maximum Gasteiger partial charge on any atom is 0.332 e. The minimum atomic E-state index is -0.768. The summed E-state index contributed by atoms with van der Waals surface area (Å²) < 4.78 is 0. The van der Waals surface area contributed by atoms with Crippen LogP contribution in [0.25, 0.3) is 0 Å². The number of benzene rings is 1. The number of phenols is 1. The number of nitrogens with zero attached hydrogens (tertiary/aromatic N) is 1. The molecule has 1 aromatic carbocycles. The molecule has 0 unspecified atom stereocenters. The lowest BCUT2D eigenvalue weighted by molar-refractivity contribution is 0.249. The van der Waals surface area contributed by atoms with Crippen LogP contribution in [0.4, 0.5) is 4.79 Å². The van der Waals surface area contributed by atoms with Crippen LogP contribution in [0.2, 0.25) is 5.02 Å². The molecule has 0 aliphatic carbocycles. The molecule has 0 aliphatic heterocycles. The Kier molecular flexibility index (Phi) is 3.51. The first kappa shape index (κ1) is 11.3. The van der Waals surface area contributed by atoms with E-state index in [1.165, 1.54) is 6.07 Å². The molecule has 0 atom stereocenters. The maximum absolute atomic E-state index is 10.4. The SMILES string of the molecule is C/C(=N\NC(N)=O)c1cc(Cl)ccc1O. The highest BCUT2D eigenvalue weighted by atomic mass is 35.5. The first-order valence-electron chi connectivity index (χ1n) is 4.09. The van der Waals surface area contributed by atoms with Crippen molar-refractivity contribution < 1.29 is 9.90 Å². The van der Waals surface area contributed by atoms with Gasteiger partial charge in [0.2, 0.25) is 0 Å². The number of rotatable bonds is 2. The Labute approximate surface area is 91.5 Å². The van der Waals surface area contributed by atoms with Crippen molar-refractivity contribution in [1.82, 2.24) is 5.43 Å². The van der Waals surface area contributed by atoms with Gasteiger partial charge in [0.1, 0.15) is 5.75 Å². The minimum Gasteiger partial charge on any atom is -0.507 e. The number of aromatic hydroxyl groups is 1. The third-order valence-corrected chi connectivity index (χ3v) is 1.92. The summed E-state index contributed by atoms with van der Waals surface area (Å²) in [6, 6.07) is 3.77. The highest BCUT2D eigenvalue weighted by molar-refractivity contribution is 6.31. The summed E-state index contributed by atoms with van der Waals surface area (Å²) in [7, 11) is 0. The summed E-state index contributed by atoms with van der Waals surface area (Å²) in [5.74, 6) is 0.0342. The van der Waals surface area contributed by atoms with Gasteiger partial charge in [0, 0.05) is 10.6 Å². The Hall–Kier alpha value is -1.75. The molecule has 0 heterocycles. The fourth-order valence-corrected chi connectivity index (χ4v) is 1.17. The van der Waals surface area contributed by atoms with Gasteiger partial charge in [-0.3, -0.25) is 0 Å². The summed E-state index contributed by atoms with van der Waals surface area (Å²) in [5.41, 5.74) is 7.76. The van der Waals surface area contributed by atoms with Crippen LogP contribution in [0.15, 0.2) is 23.3 Å². The molecule has 0 aromatic heterocycles. The van der Waals surface area contributed by atoms with Crippen molar-refractivity contribution >= 4 is 23.3 Å². The number of hydrogen-bond acceptors (Lipinski definition) is 3. The van der Waals surface area contributed by atoms with Crippen LogP contribution >= 0.6 is 11.6 Å². The summed E-state index contributed by atoms with van der Waals surface area (Å²) in [6.07, 6.45) is 0. The van der Waals surface area contributed by atoms with E-state index in [0.717, 1.165) is 0 Å². The van der Waals surface area contributed by atoms with Crippen LogP contribution in [-0.4, -0.2) is 16.8 Å². The van der Waals surface area contributed by atoms with E-state index in [-0.39, 0.29) is 5.75 Å².